The van der Waals surface area contributed by atoms with E-state index in [0.717, 1.165) is 10.00 Å². The summed E-state index contributed by atoms with van der Waals surface area (Å²) in [6.07, 6.45) is 1.49. The summed E-state index contributed by atoms with van der Waals surface area (Å²) in [6.45, 7) is 1.96. The molecule has 7 heteroatoms. The average molecular weight is 333 g/mol. The first-order valence-corrected chi connectivity index (χ1v) is 8.47. The van der Waals surface area contributed by atoms with Gasteiger partial charge in [0.05, 0.1) is 10.5 Å². The highest BCUT2D eigenvalue weighted by Crippen LogP contribution is 2.18. The zero-order chi connectivity index (χ0) is 17.0. The Hall–Kier alpha value is -2.25. The maximum Gasteiger partial charge on any atom is 0.253 e. The highest BCUT2D eigenvalue weighted by atomic mass is 32.2. The van der Waals surface area contributed by atoms with Gasteiger partial charge in [0.2, 0.25) is 10.0 Å². The summed E-state index contributed by atoms with van der Waals surface area (Å²) in [4.78, 5) is 16.4. The van der Waals surface area contributed by atoms with Crippen molar-refractivity contribution < 1.29 is 13.2 Å². The van der Waals surface area contributed by atoms with Crippen LogP contribution in [-0.2, 0) is 16.6 Å². The molecule has 0 saturated heterocycles. The number of amides is 1. The van der Waals surface area contributed by atoms with Crippen molar-refractivity contribution in [2.45, 2.75) is 18.4 Å². The number of carbonyl (C=O) groups is 1. The van der Waals surface area contributed by atoms with Crippen molar-refractivity contribution in [3.05, 3.63) is 59.4 Å². The van der Waals surface area contributed by atoms with Gasteiger partial charge in [0.25, 0.3) is 5.91 Å². The molecule has 0 unspecified atom stereocenters. The number of carbonyl (C=O) groups excluding carboxylic acids is 1. The molecule has 0 atom stereocenters. The highest BCUT2D eigenvalue weighted by molar-refractivity contribution is 7.89. The fraction of sp³-hybridized carbons (Fsp3) is 0.250. The smallest absolute Gasteiger partial charge is 0.253 e. The van der Waals surface area contributed by atoms with Crippen molar-refractivity contribution in [2.75, 3.05) is 14.1 Å². The minimum absolute atomic E-state index is 0.121. The second kappa shape index (κ2) is 6.89. The van der Waals surface area contributed by atoms with E-state index in [0.29, 0.717) is 11.1 Å². The molecule has 0 spiro atoms. The molecule has 2 aromatic rings. The number of hydrogen-bond donors (Lipinski definition) is 1. The van der Waals surface area contributed by atoms with Gasteiger partial charge in [-0.3, -0.25) is 9.78 Å². The van der Waals surface area contributed by atoms with Gasteiger partial charge in [-0.05, 0) is 30.7 Å². The van der Waals surface area contributed by atoms with E-state index in [4.69, 9.17) is 0 Å². The first kappa shape index (κ1) is 17.1. The highest BCUT2D eigenvalue weighted by Gasteiger charge is 2.20. The zero-order valence-electron chi connectivity index (χ0n) is 13.3. The van der Waals surface area contributed by atoms with Crippen LogP contribution in [0.3, 0.4) is 0 Å². The molecule has 1 heterocycles. The molecule has 122 valence electrons. The normalized spacial score (nSPS) is 11.5. The minimum Gasteiger partial charge on any atom is -0.348 e. The average Bonchev–Trinajstić information content (AvgIpc) is 2.53. The lowest BCUT2D eigenvalue weighted by Crippen LogP contribution is -2.27. The number of sulfonamides is 1. The van der Waals surface area contributed by atoms with Crippen LogP contribution >= 0.6 is 0 Å². The number of aryl methyl sites for hydroxylation is 1. The molecule has 0 aliphatic rings. The van der Waals surface area contributed by atoms with Crippen molar-refractivity contribution in [3.8, 4) is 0 Å². The van der Waals surface area contributed by atoms with Crippen LogP contribution in [0.1, 0.15) is 21.6 Å². The Balaban J connectivity index is 2.19. The molecule has 1 aromatic heterocycles. The predicted octanol–water partition coefficient (Wildman–Crippen LogP) is 1.57. The SMILES string of the molecule is Cc1ccc(C(=O)NCc2ccccc2S(=O)(=O)N(C)C)cn1. The molecule has 0 bridgehead atoms. The molecule has 1 amide bonds. The Morgan fingerprint density at radius 1 is 1.17 bits per heavy atom. The van der Waals surface area contributed by atoms with Crippen LogP contribution in [0.25, 0.3) is 0 Å². The maximum absolute atomic E-state index is 12.3. The van der Waals surface area contributed by atoms with E-state index in [1.807, 2.05) is 6.92 Å². The van der Waals surface area contributed by atoms with Gasteiger partial charge < -0.3 is 5.32 Å². The van der Waals surface area contributed by atoms with Gasteiger partial charge >= 0.3 is 0 Å². The van der Waals surface area contributed by atoms with Crippen LogP contribution in [0.2, 0.25) is 0 Å². The van der Waals surface area contributed by atoms with Crippen LogP contribution < -0.4 is 5.32 Å². The molecule has 0 aliphatic carbocycles. The second-order valence-electron chi connectivity index (χ2n) is 5.27. The molecule has 0 saturated carbocycles. The Morgan fingerprint density at radius 2 is 1.87 bits per heavy atom. The summed E-state index contributed by atoms with van der Waals surface area (Å²) in [7, 11) is -0.606. The fourth-order valence-corrected chi connectivity index (χ4v) is 3.09. The molecular formula is C16H19N3O3S. The van der Waals surface area contributed by atoms with Gasteiger partial charge in [0.15, 0.2) is 0 Å². The number of nitrogens with one attached hydrogen (secondary N) is 1. The minimum atomic E-state index is -3.56. The lowest BCUT2D eigenvalue weighted by Gasteiger charge is -2.15. The third-order valence-electron chi connectivity index (χ3n) is 3.34. The van der Waals surface area contributed by atoms with Gasteiger partial charge in [-0.2, -0.15) is 0 Å². The van der Waals surface area contributed by atoms with Gasteiger partial charge in [0, 0.05) is 32.5 Å². The van der Waals surface area contributed by atoms with Gasteiger partial charge in [-0.1, -0.05) is 18.2 Å². The molecular weight excluding hydrogens is 314 g/mol. The van der Waals surface area contributed by atoms with Crippen molar-refractivity contribution in [1.29, 1.82) is 0 Å². The van der Waals surface area contributed by atoms with Crippen LogP contribution in [0, 0.1) is 6.92 Å². The van der Waals surface area contributed by atoms with E-state index in [2.05, 4.69) is 10.3 Å². The Bertz CT molecular complexity index is 800. The topological polar surface area (TPSA) is 79.4 Å². The van der Waals surface area contributed by atoms with Gasteiger partial charge in [0.1, 0.15) is 0 Å². The molecule has 0 aliphatic heterocycles. The van der Waals surface area contributed by atoms with E-state index in [-0.39, 0.29) is 17.3 Å². The van der Waals surface area contributed by atoms with Crippen LogP contribution in [0.5, 0.6) is 0 Å². The maximum atomic E-state index is 12.3. The summed E-state index contributed by atoms with van der Waals surface area (Å²) in [5, 5.41) is 2.72. The third-order valence-corrected chi connectivity index (χ3v) is 5.26. The van der Waals surface area contributed by atoms with E-state index in [1.54, 1.807) is 30.3 Å². The molecule has 6 nitrogen and oxygen atoms in total. The number of aromatic nitrogens is 1. The summed E-state index contributed by atoms with van der Waals surface area (Å²) < 4.78 is 25.8. The predicted molar refractivity (Wildman–Crippen MR) is 87.5 cm³/mol. The molecule has 1 N–H and O–H groups in total. The summed E-state index contributed by atoms with van der Waals surface area (Å²) in [5.74, 6) is -0.297. The lowest BCUT2D eigenvalue weighted by atomic mass is 10.2. The van der Waals surface area contributed by atoms with E-state index in [1.165, 1.54) is 26.4 Å². The largest absolute Gasteiger partial charge is 0.348 e. The number of benzene rings is 1. The summed E-state index contributed by atoms with van der Waals surface area (Å²) in [6, 6.07) is 10.0. The zero-order valence-corrected chi connectivity index (χ0v) is 14.1. The molecule has 0 radical (unpaired) electrons. The van der Waals surface area contributed by atoms with Crippen LogP contribution in [-0.4, -0.2) is 37.7 Å². The van der Waals surface area contributed by atoms with E-state index >= 15 is 0 Å². The monoisotopic (exact) mass is 333 g/mol. The lowest BCUT2D eigenvalue weighted by molar-refractivity contribution is 0.0950. The first-order valence-electron chi connectivity index (χ1n) is 7.03. The van der Waals surface area contributed by atoms with Crippen molar-refractivity contribution in [3.63, 3.8) is 0 Å². The Labute approximate surface area is 136 Å². The summed E-state index contributed by atoms with van der Waals surface area (Å²) >= 11 is 0. The number of hydrogen-bond acceptors (Lipinski definition) is 4. The molecule has 23 heavy (non-hydrogen) atoms. The van der Waals surface area contributed by atoms with Crippen molar-refractivity contribution >= 4 is 15.9 Å². The van der Waals surface area contributed by atoms with E-state index in [9.17, 15) is 13.2 Å². The third kappa shape index (κ3) is 3.94. The quantitative estimate of drug-likeness (QED) is 0.901. The molecule has 0 fully saturated rings. The second-order valence-corrected chi connectivity index (χ2v) is 7.39. The Kier molecular flexibility index (Phi) is 5.12. The van der Waals surface area contributed by atoms with Crippen molar-refractivity contribution in [1.82, 2.24) is 14.6 Å². The number of pyridine rings is 1. The van der Waals surface area contributed by atoms with Crippen LogP contribution in [0.4, 0.5) is 0 Å². The fourth-order valence-electron chi connectivity index (χ4n) is 1.98. The standard InChI is InChI=1S/C16H19N3O3S/c1-12-8-9-14(11-17-12)16(20)18-10-13-6-4-5-7-15(13)23(21,22)19(2)3/h4-9,11H,10H2,1-3H3,(H,18,20). The number of rotatable bonds is 5. The van der Waals surface area contributed by atoms with Crippen LogP contribution in [0.15, 0.2) is 47.5 Å². The van der Waals surface area contributed by atoms with Crippen molar-refractivity contribution in [2.24, 2.45) is 0 Å². The molecule has 2 rings (SSSR count). The van der Waals surface area contributed by atoms with Gasteiger partial charge in [-0.15, -0.1) is 0 Å². The first-order chi connectivity index (χ1) is 10.8. The van der Waals surface area contributed by atoms with E-state index < -0.39 is 10.0 Å². The molecule has 1 aromatic carbocycles. The Morgan fingerprint density at radius 3 is 2.48 bits per heavy atom. The summed E-state index contributed by atoms with van der Waals surface area (Å²) in [5.41, 5.74) is 1.79. The number of nitrogens with zero attached hydrogens (tertiary/aromatic N) is 2. The van der Waals surface area contributed by atoms with Gasteiger partial charge in [-0.25, -0.2) is 12.7 Å².